The second-order valence-corrected chi connectivity index (χ2v) is 7.62. The zero-order chi connectivity index (χ0) is 18.5. The van der Waals surface area contributed by atoms with Gasteiger partial charge >= 0.3 is 0 Å². The fourth-order valence-electron chi connectivity index (χ4n) is 2.54. The van der Waals surface area contributed by atoms with Crippen LogP contribution in [0.4, 0.5) is 5.69 Å². The molecule has 134 valence electrons. The molecule has 5 nitrogen and oxygen atoms in total. The van der Waals surface area contributed by atoms with Gasteiger partial charge in [0.05, 0.1) is 5.75 Å². The van der Waals surface area contributed by atoms with Crippen molar-refractivity contribution in [3.05, 3.63) is 58.6 Å². The molecule has 3 rings (SSSR count). The van der Waals surface area contributed by atoms with E-state index in [0.717, 1.165) is 33.2 Å². The van der Waals surface area contributed by atoms with Gasteiger partial charge in [-0.3, -0.25) is 4.79 Å². The largest absolute Gasteiger partial charge is 0.325 e. The van der Waals surface area contributed by atoms with Gasteiger partial charge in [0.15, 0.2) is 11.0 Å². The molecule has 1 N–H and O–H groups in total. The normalized spacial score (nSPS) is 10.7. The van der Waals surface area contributed by atoms with Crippen molar-refractivity contribution in [2.45, 2.75) is 25.5 Å². The van der Waals surface area contributed by atoms with Gasteiger partial charge in [0.2, 0.25) is 5.91 Å². The molecule has 3 aromatic rings. The lowest BCUT2D eigenvalue weighted by Crippen LogP contribution is -2.14. The number of nitrogens with one attached hydrogen (secondary N) is 1. The molecule has 0 saturated carbocycles. The van der Waals surface area contributed by atoms with E-state index in [1.165, 1.54) is 17.3 Å². The van der Waals surface area contributed by atoms with E-state index < -0.39 is 0 Å². The Kier molecular flexibility index (Phi) is 6.11. The van der Waals surface area contributed by atoms with Gasteiger partial charge < -0.3 is 9.88 Å². The molecule has 1 aromatic heterocycles. The van der Waals surface area contributed by atoms with Gasteiger partial charge in [-0.2, -0.15) is 0 Å². The molecule has 1 amide bonds. The van der Waals surface area contributed by atoms with Gasteiger partial charge in [-0.1, -0.05) is 51.5 Å². The zero-order valence-electron chi connectivity index (χ0n) is 14.6. The van der Waals surface area contributed by atoms with Crippen LogP contribution in [0.5, 0.6) is 0 Å². The first-order chi connectivity index (χ1) is 12.6. The average Bonchev–Trinajstić information content (AvgIpc) is 3.05. The number of rotatable bonds is 6. The van der Waals surface area contributed by atoms with E-state index in [9.17, 15) is 4.79 Å². The van der Waals surface area contributed by atoms with E-state index in [0.29, 0.717) is 0 Å². The molecular formula is C19H19BrN4OS. The van der Waals surface area contributed by atoms with Crippen molar-refractivity contribution in [2.24, 2.45) is 0 Å². The second kappa shape index (κ2) is 8.51. The molecule has 0 aliphatic carbocycles. The summed E-state index contributed by atoms with van der Waals surface area (Å²) >= 11 is 4.77. The molecule has 0 spiro atoms. The Hall–Kier alpha value is -2.12. The number of aromatic nitrogens is 3. The fourth-order valence-corrected chi connectivity index (χ4v) is 3.61. The minimum Gasteiger partial charge on any atom is -0.325 e. The highest BCUT2D eigenvalue weighted by atomic mass is 79.9. The van der Waals surface area contributed by atoms with E-state index in [1.807, 2.05) is 41.0 Å². The number of benzene rings is 2. The first-order valence-electron chi connectivity index (χ1n) is 8.25. The van der Waals surface area contributed by atoms with E-state index >= 15 is 0 Å². The number of nitrogens with zero attached hydrogens (tertiary/aromatic N) is 3. The number of anilines is 1. The summed E-state index contributed by atoms with van der Waals surface area (Å²) in [5.41, 5.74) is 2.98. The molecule has 1 heterocycles. The number of hydrogen-bond donors (Lipinski definition) is 1. The van der Waals surface area contributed by atoms with Gasteiger partial charge in [-0.25, -0.2) is 0 Å². The molecule has 0 radical (unpaired) electrons. The molecule has 26 heavy (non-hydrogen) atoms. The van der Waals surface area contributed by atoms with Gasteiger partial charge in [-0.15, -0.1) is 10.2 Å². The number of halogens is 1. The van der Waals surface area contributed by atoms with Crippen LogP contribution in [0.2, 0.25) is 0 Å². The SMILES string of the molecule is CCn1c(SCC(=O)Nc2ccc(Br)cc2)nnc1-c1cccc(C)c1. The second-order valence-electron chi connectivity index (χ2n) is 5.76. The Morgan fingerprint density at radius 2 is 1.96 bits per heavy atom. The summed E-state index contributed by atoms with van der Waals surface area (Å²) in [5, 5.41) is 12.2. The van der Waals surface area contributed by atoms with Gasteiger partial charge in [0.1, 0.15) is 0 Å². The van der Waals surface area contributed by atoms with Gasteiger partial charge in [-0.05, 0) is 44.2 Å². The van der Waals surface area contributed by atoms with Crippen LogP contribution in [0.3, 0.4) is 0 Å². The Morgan fingerprint density at radius 3 is 2.65 bits per heavy atom. The number of carbonyl (C=O) groups excluding carboxylic acids is 1. The van der Waals surface area contributed by atoms with Crippen LogP contribution in [0.15, 0.2) is 58.2 Å². The average molecular weight is 431 g/mol. The predicted octanol–water partition coefficient (Wildman–Crippen LogP) is 4.77. The standard InChI is InChI=1S/C19H19BrN4OS/c1-3-24-18(14-6-4-5-13(2)11-14)22-23-19(24)26-12-17(25)21-16-9-7-15(20)8-10-16/h4-11H,3,12H2,1-2H3,(H,21,25). The van der Waals surface area contributed by atoms with Crippen LogP contribution in [-0.4, -0.2) is 26.4 Å². The van der Waals surface area contributed by atoms with Crippen molar-refractivity contribution in [3.8, 4) is 11.4 Å². The molecule has 0 saturated heterocycles. The Labute approximate surface area is 165 Å². The number of carbonyl (C=O) groups is 1. The topological polar surface area (TPSA) is 59.8 Å². The van der Waals surface area contributed by atoms with Gasteiger partial charge in [0, 0.05) is 22.3 Å². The monoisotopic (exact) mass is 430 g/mol. The molecule has 7 heteroatoms. The lowest BCUT2D eigenvalue weighted by atomic mass is 10.1. The third-order valence-corrected chi connectivity index (χ3v) is 5.27. The quantitative estimate of drug-likeness (QED) is 0.572. The summed E-state index contributed by atoms with van der Waals surface area (Å²) in [6, 6.07) is 15.7. The van der Waals surface area contributed by atoms with Crippen molar-refractivity contribution < 1.29 is 4.79 Å². The summed E-state index contributed by atoms with van der Waals surface area (Å²) in [5.74, 6) is 1.04. The molecule has 0 unspecified atom stereocenters. The van der Waals surface area contributed by atoms with E-state index in [1.54, 1.807) is 0 Å². The minimum absolute atomic E-state index is 0.0694. The van der Waals surface area contributed by atoms with Crippen LogP contribution < -0.4 is 5.32 Å². The lowest BCUT2D eigenvalue weighted by Gasteiger charge is -2.08. The van der Waals surface area contributed by atoms with Crippen molar-refractivity contribution in [2.75, 3.05) is 11.1 Å². The smallest absolute Gasteiger partial charge is 0.234 e. The molecule has 0 aliphatic heterocycles. The summed E-state index contributed by atoms with van der Waals surface area (Å²) < 4.78 is 3.01. The molecule has 0 aliphatic rings. The number of aryl methyl sites for hydroxylation is 1. The Morgan fingerprint density at radius 1 is 1.19 bits per heavy atom. The molecule has 0 bridgehead atoms. The van der Waals surface area contributed by atoms with E-state index in [2.05, 4.69) is 57.4 Å². The third kappa shape index (κ3) is 4.53. The van der Waals surface area contributed by atoms with Crippen molar-refractivity contribution in [1.29, 1.82) is 0 Å². The van der Waals surface area contributed by atoms with Crippen molar-refractivity contribution in [1.82, 2.24) is 14.8 Å². The third-order valence-electron chi connectivity index (χ3n) is 3.77. The predicted molar refractivity (Wildman–Crippen MR) is 109 cm³/mol. The molecular weight excluding hydrogens is 412 g/mol. The maximum atomic E-state index is 12.2. The maximum absolute atomic E-state index is 12.2. The van der Waals surface area contributed by atoms with Crippen molar-refractivity contribution in [3.63, 3.8) is 0 Å². The van der Waals surface area contributed by atoms with E-state index in [4.69, 9.17) is 0 Å². The van der Waals surface area contributed by atoms with Crippen LogP contribution in [0.1, 0.15) is 12.5 Å². The van der Waals surface area contributed by atoms with E-state index in [-0.39, 0.29) is 11.7 Å². The Bertz CT molecular complexity index is 908. The first-order valence-corrected chi connectivity index (χ1v) is 10.0. The van der Waals surface area contributed by atoms with Crippen LogP contribution in [0, 0.1) is 6.92 Å². The maximum Gasteiger partial charge on any atom is 0.234 e. The van der Waals surface area contributed by atoms with Crippen LogP contribution >= 0.6 is 27.7 Å². The van der Waals surface area contributed by atoms with Gasteiger partial charge in [0.25, 0.3) is 0 Å². The number of hydrogen-bond acceptors (Lipinski definition) is 4. The lowest BCUT2D eigenvalue weighted by molar-refractivity contribution is -0.113. The molecule has 0 fully saturated rings. The number of amides is 1. The molecule has 0 atom stereocenters. The van der Waals surface area contributed by atoms with Crippen LogP contribution in [0.25, 0.3) is 11.4 Å². The summed E-state index contributed by atoms with van der Waals surface area (Å²) in [6.07, 6.45) is 0. The zero-order valence-corrected chi connectivity index (χ0v) is 17.0. The molecule has 2 aromatic carbocycles. The summed E-state index contributed by atoms with van der Waals surface area (Å²) in [4.78, 5) is 12.2. The Balaban J connectivity index is 1.68. The highest BCUT2D eigenvalue weighted by molar-refractivity contribution is 9.10. The summed E-state index contributed by atoms with van der Waals surface area (Å²) in [6.45, 7) is 4.85. The van der Waals surface area contributed by atoms with Crippen LogP contribution in [-0.2, 0) is 11.3 Å². The first kappa shape index (κ1) is 18.7. The highest BCUT2D eigenvalue weighted by Gasteiger charge is 2.14. The van der Waals surface area contributed by atoms with Crippen molar-refractivity contribution >= 4 is 39.3 Å². The minimum atomic E-state index is -0.0694. The fraction of sp³-hybridized carbons (Fsp3) is 0.211. The highest BCUT2D eigenvalue weighted by Crippen LogP contribution is 2.24. The number of thioether (sulfide) groups is 1. The summed E-state index contributed by atoms with van der Waals surface area (Å²) in [7, 11) is 0.